The number of ether oxygens (including phenoxy) is 3. The lowest BCUT2D eigenvalue weighted by atomic mass is 10.0. The Balaban J connectivity index is 4.27. The van der Waals surface area contributed by atoms with Gasteiger partial charge in [-0.25, -0.2) is 0 Å². The third kappa shape index (κ3) is 63.8. The molecule has 77 heavy (non-hydrogen) atoms. The van der Waals surface area contributed by atoms with Crippen LogP contribution in [-0.2, 0) is 28.6 Å². The molecule has 0 saturated heterocycles. The summed E-state index contributed by atoms with van der Waals surface area (Å²) < 4.78 is 17.0. The van der Waals surface area contributed by atoms with E-state index in [0.717, 1.165) is 89.9 Å². The summed E-state index contributed by atoms with van der Waals surface area (Å²) in [5, 5.41) is 0. The number of hydrogen-bond donors (Lipinski definition) is 0. The summed E-state index contributed by atoms with van der Waals surface area (Å²) in [4.78, 5) is 38.4. The van der Waals surface area contributed by atoms with Crippen molar-refractivity contribution in [3.05, 3.63) is 60.8 Å². The van der Waals surface area contributed by atoms with E-state index in [2.05, 4.69) is 81.5 Å². The van der Waals surface area contributed by atoms with Crippen molar-refractivity contribution in [2.45, 2.75) is 361 Å². The van der Waals surface area contributed by atoms with Gasteiger partial charge in [-0.3, -0.25) is 14.4 Å². The summed E-state index contributed by atoms with van der Waals surface area (Å²) >= 11 is 0. The van der Waals surface area contributed by atoms with Gasteiger partial charge in [0.2, 0.25) is 0 Å². The number of rotatable bonds is 62. The highest BCUT2D eigenvalue weighted by Gasteiger charge is 2.19. The van der Waals surface area contributed by atoms with Crippen LogP contribution in [0.4, 0.5) is 0 Å². The Morgan fingerprint density at radius 3 is 0.792 bits per heavy atom. The molecule has 0 aromatic rings. The summed E-state index contributed by atoms with van der Waals surface area (Å²) in [7, 11) is 0. The molecule has 0 saturated carbocycles. The molecular weight excluding hydrogens is 949 g/mol. The highest BCUT2D eigenvalue weighted by Crippen LogP contribution is 2.18. The van der Waals surface area contributed by atoms with Gasteiger partial charge in [0, 0.05) is 19.3 Å². The van der Waals surface area contributed by atoms with E-state index in [1.165, 1.54) is 225 Å². The van der Waals surface area contributed by atoms with Gasteiger partial charge in [0.1, 0.15) is 13.2 Å². The maximum Gasteiger partial charge on any atom is 0.306 e. The molecule has 0 amide bonds. The number of hydrogen-bond acceptors (Lipinski definition) is 6. The molecule has 1 unspecified atom stereocenters. The lowest BCUT2D eigenvalue weighted by molar-refractivity contribution is -0.167. The third-order valence-electron chi connectivity index (χ3n) is 15.0. The number of esters is 3. The zero-order valence-electron chi connectivity index (χ0n) is 51.5. The van der Waals surface area contributed by atoms with Gasteiger partial charge in [0.25, 0.3) is 0 Å². The molecule has 448 valence electrons. The van der Waals surface area contributed by atoms with Gasteiger partial charge >= 0.3 is 17.9 Å². The van der Waals surface area contributed by atoms with E-state index in [-0.39, 0.29) is 31.1 Å². The van der Waals surface area contributed by atoms with Crippen molar-refractivity contribution < 1.29 is 28.6 Å². The van der Waals surface area contributed by atoms with Gasteiger partial charge in [-0.15, -0.1) is 0 Å². The molecule has 6 heteroatoms. The Morgan fingerprint density at radius 1 is 0.273 bits per heavy atom. The van der Waals surface area contributed by atoms with Crippen LogP contribution in [0.1, 0.15) is 355 Å². The first-order chi connectivity index (χ1) is 38.0. The van der Waals surface area contributed by atoms with Crippen LogP contribution in [0.15, 0.2) is 60.8 Å². The normalized spacial score (nSPS) is 12.4. The van der Waals surface area contributed by atoms with Gasteiger partial charge < -0.3 is 14.2 Å². The van der Waals surface area contributed by atoms with E-state index >= 15 is 0 Å². The Bertz CT molecular complexity index is 1380. The third-order valence-corrected chi connectivity index (χ3v) is 15.0. The van der Waals surface area contributed by atoms with E-state index < -0.39 is 6.10 Å². The molecular formula is C71H128O6. The predicted molar refractivity (Wildman–Crippen MR) is 335 cm³/mol. The van der Waals surface area contributed by atoms with Gasteiger partial charge in [0.15, 0.2) is 6.10 Å². The molecule has 0 rings (SSSR count). The molecule has 0 spiro atoms. The number of carbonyl (C=O) groups excluding carboxylic acids is 3. The first-order valence-corrected chi connectivity index (χ1v) is 33.8. The molecule has 0 bridgehead atoms. The summed E-state index contributed by atoms with van der Waals surface area (Å²) in [6.07, 6.45) is 83.7. The Morgan fingerprint density at radius 2 is 0.506 bits per heavy atom. The molecule has 0 aliphatic heterocycles. The van der Waals surface area contributed by atoms with E-state index in [1.54, 1.807) is 0 Å². The first kappa shape index (κ1) is 74.1. The number of unbranched alkanes of at least 4 members (excludes halogenated alkanes) is 41. The average molecular weight is 1080 g/mol. The molecule has 1 atom stereocenters. The van der Waals surface area contributed by atoms with Crippen molar-refractivity contribution in [3.63, 3.8) is 0 Å². The van der Waals surface area contributed by atoms with Crippen LogP contribution in [0.5, 0.6) is 0 Å². The standard InChI is InChI=1S/C71H128O6/c1-4-7-10-13-16-19-22-25-28-30-32-33-34-35-36-37-38-39-40-42-43-46-49-52-55-58-61-64-70(73)76-67-68(66-75-69(72)63-60-57-54-51-48-45-27-24-21-18-15-12-9-6-3)77-71(74)65-62-59-56-53-50-47-44-41-31-29-26-23-20-17-14-11-8-5-2/h7,10,16,19,25,28,32-33,35-36,68H,4-6,8-9,11-15,17-18,20-24,26-27,29-31,34,37-67H2,1-3H3/b10-7-,19-16-,28-25-,33-32-,36-35-. The van der Waals surface area contributed by atoms with Crippen LogP contribution < -0.4 is 0 Å². The van der Waals surface area contributed by atoms with Crippen molar-refractivity contribution in [2.24, 2.45) is 0 Å². The Labute approximate surface area is 479 Å². The van der Waals surface area contributed by atoms with Crippen LogP contribution in [-0.4, -0.2) is 37.2 Å². The van der Waals surface area contributed by atoms with Gasteiger partial charge in [-0.2, -0.15) is 0 Å². The van der Waals surface area contributed by atoms with Crippen molar-refractivity contribution in [1.29, 1.82) is 0 Å². The van der Waals surface area contributed by atoms with Crippen molar-refractivity contribution in [3.8, 4) is 0 Å². The first-order valence-electron chi connectivity index (χ1n) is 33.8. The van der Waals surface area contributed by atoms with Crippen LogP contribution in [0, 0.1) is 0 Å². The molecule has 0 radical (unpaired) electrons. The minimum absolute atomic E-state index is 0.0688. The number of carbonyl (C=O) groups is 3. The summed E-state index contributed by atoms with van der Waals surface area (Å²) in [6, 6.07) is 0. The maximum absolute atomic E-state index is 12.9. The van der Waals surface area contributed by atoms with E-state index in [9.17, 15) is 14.4 Å². The van der Waals surface area contributed by atoms with Crippen molar-refractivity contribution in [1.82, 2.24) is 0 Å². The maximum atomic E-state index is 12.9. The average Bonchev–Trinajstić information content (AvgIpc) is 3.43. The van der Waals surface area contributed by atoms with Crippen LogP contribution in [0.25, 0.3) is 0 Å². The van der Waals surface area contributed by atoms with E-state index in [4.69, 9.17) is 14.2 Å². The smallest absolute Gasteiger partial charge is 0.306 e. The van der Waals surface area contributed by atoms with Gasteiger partial charge in [0.05, 0.1) is 0 Å². The second kappa shape index (κ2) is 65.6. The molecule has 0 heterocycles. The van der Waals surface area contributed by atoms with Gasteiger partial charge in [-0.1, -0.05) is 332 Å². The lowest BCUT2D eigenvalue weighted by Crippen LogP contribution is -2.30. The summed E-state index contributed by atoms with van der Waals surface area (Å²) in [5.41, 5.74) is 0. The minimum Gasteiger partial charge on any atom is -0.462 e. The zero-order chi connectivity index (χ0) is 55.7. The molecule has 0 aromatic heterocycles. The second-order valence-corrected chi connectivity index (χ2v) is 22.7. The van der Waals surface area contributed by atoms with E-state index in [0.29, 0.717) is 19.3 Å². The fraction of sp³-hybridized carbons (Fsp3) is 0.817. The Hall–Kier alpha value is -2.89. The monoisotopic (exact) mass is 1080 g/mol. The zero-order valence-corrected chi connectivity index (χ0v) is 51.5. The molecule has 0 aliphatic rings. The fourth-order valence-electron chi connectivity index (χ4n) is 10.0. The molecule has 0 N–H and O–H groups in total. The lowest BCUT2D eigenvalue weighted by Gasteiger charge is -2.18. The molecule has 0 fully saturated rings. The van der Waals surface area contributed by atoms with Crippen LogP contribution in [0.3, 0.4) is 0 Å². The SMILES string of the molecule is CC/C=C\C/C=C\C/C=C\C/C=C\C/C=C\CCCCCCCCCCCCCC(=O)OCC(COC(=O)CCCCCCCCCCCCCCCC)OC(=O)CCCCCCCCCCCCCCCCCCCC. The molecule has 0 aromatic carbocycles. The summed E-state index contributed by atoms with van der Waals surface area (Å²) in [5.74, 6) is -0.847. The highest BCUT2D eigenvalue weighted by molar-refractivity contribution is 5.71. The largest absolute Gasteiger partial charge is 0.462 e. The van der Waals surface area contributed by atoms with Gasteiger partial charge in [-0.05, 0) is 64.2 Å². The minimum atomic E-state index is -0.772. The fourth-order valence-corrected chi connectivity index (χ4v) is 10.0. The van der Waals surface area contributed by atoms with Crippen molar-refractivity contribution in [2.75, 3.05) is 13.2 Å². The van der Waals surface area contributed by atoms with Crippen LogP contribution >= 0.6 is 0 Å². The van der Waals surface area contributed by atoms with E-state index in [1.807, 2.05) is 0 Å². The summed E-state index contributed by atoms with van der Waals surface area (Å²) in [6.45, 7) is 6.59. The highest BCUT2D eigenvalue weighted by atomic mass is 16.6. The van der Waals surface area contributed by atoms with Crippen molar-refractivity contribution >= 4 is 17.9 Å². The predicted octanol–water partition coefficient (Wildman–Crippen LogP) is 23.1. The topological polar surface area (TPSA) is 78.9 Å². The Kier molecular flexibility index (Phi) is 63.2. The molecule has 0 aliphatic carbocycles. The number of allylic oxidation sites excluding steroid dienone is 10. The second-order valence-electron chi connectivity index (χ2n) is 22.7. The van der Waals surface area contributed by atoms with Crippen LogP contribution in [0.2, 0.25) is 0 Å². The quantitative estimate of drug-likeness (QED) is 0.0261. The molecule has 6 nitrogen and oxygen atoms in total.